The van der Waals surface area contributed by atoms with Crippen LogP contribution in [0, 0.1) is 27.7 Å². The third-order valence-corrected chi connectivity index (χ3v) is 7.55. The van der Waals surface area contributed by atoms with E-state index >= 15 is 0 Å². The molecule has 0 bridgehead atoms. The van der Waals surface area contributed by atoms with Crippen LogP contribution in [0.15, 0.2) is 63.6 Å². The maximum atomic E-state index is 12.5. The lowest BCUT2D eigenvalue weighted by atomic mass is 10.1. The summed E-state index contributed by atoms with van der Waals surface area (Å²) < 4.78 is 27.2. The molecule has 1 N–H and O–H groups in total. The highest BCUT2D eigenvalue weighted by atomic mass is 32.2. The van der Waals surface area contributed by atoms with Crippen LogP contribution < -0.4 is 5.32 Å². The smallest absolute Gasteiger partial charge is 0.288 e. The number of amides is 1. The molecule has 2 aromatic carbocycles. The lowest BCUT2D eigenvalue weighted by molar-refractivity contribution is -0.118. The van der Waals surface area contributed by atoms with Gasteiger partial charge < -0.3 is 9.88 Å². The predicted molar refractivity (Wildman–Crippen MR) is 141 cm³/mol. The monoisotopic (exact) mass is 512 g/mol. The van der Waals surface area contributed by atoms with Crippen molar-refractivity contribution >= 4 is 40.8 Å². The van der Waals surface area contributed by atoms with Gasteiger partial charge in [0.05, 0.1) is 11.5 Å². The quantitative estimate of drug-likeness (QED) is 0.233. The van der Waals surface area contributed by atoms with Gasteiger partial charge in [-0.25, -0.2) is 0 Å². The van der Waals surface area contributed by atoms with Crippen molar-refractivity contribution < 1.29 is 13.6 Å². The Morgan fingerprint density at radius 2 is 1.86 bits per heavy atom. The number of nitrogens with one attached hydrogen (secondary N) is 1. The molecular weight excluding hydrogens is 486 g/mol. The zero-order valence-electron chi connectivity index (χ0n) is 19.9. The highest BCUT2D eigenvalue weighted by Crippen LogP contribution is 2.28. The summed E-state index contributed by atoms with van der Waals surface area (Å²) in [5, 5.41) is 11.3. The first kappa shape index (κ1) is 25.2. The fourth-order valence-electron chi connectivity index (χ4n) is 4.10. The lowest BCUT2D eigenvalue weighted by Gasteiger charge is -2.13. The molecule has 1 aromatic heterocycles. The maximum absolute atomic E-state index is 12.5. The molecule has 9 heteroatoms. The molecular formula is C26H26F2N4OS2. The van der Waals surface area contributed by atoms with Crippen molar-refractivity contribution in [2.45, 2.75) is 50.0 Å². The van der Waals surface area contributed by atoms with E-state index in [1.807, 2.05) is 6.92 Å². The summed E-state index contributed by atoms with van der Waals surface area (Å²) in [6, 6.07) is 15.3. The Labute approximate surface area is 212 Å². The van der Waals surface area contributed by atoms with Crippen LogP contribution in [0.3, 0.4) is 0 Å². The van der Waals surface area contributed by atoms with Crippen LogP contribution in [0.1, 0.15) is 33.6 Å². The van der Waals surface area contributed by atoms with E-state index in [0.717, 1.165) is 28.2 Å². The number of alkyl halides is 2. The summed E-state index contributed by atoms with van der Waals surface area (Å²) in [6.45, 7) is 8.30. The molecule has 0 saturated carbocycles. The highest BCUT2D eigenvalue weighted by molar-refractivity contribution is 8.15. The number of carbonyl (C=O) groups excluding carboxylic acids is 1. The third kappa shape index (κ3) is 6.02. The van der Waals surface area contributed by atoms with Crippen LogP contribution >= 0.6 is 23.5 Å². The zero-order chi connectivity index (χ0) is 25.1. The molecule has 182 valence electrons. The van der Waals surface area contributed by atoms with Gasteiger partial charge >= 0.3 is 0 Å². The summed E-state index contributed by atoms with van der Waals surface area (Å²) in [7, 11) is 0. The molecule has 35 heavy (non-hydrogen) atoms. The number of aromatic nitrogens is 1. The number of rotatable bonds is 7. The first-order valence-corrected chi connectivity index (χ1v) is 12.9. The normalized spacial score (nSPS) is 17.2. The molecule has 4 rings (SSSR count). The highest BCUT2D eigenvalue weighted by Gasteiger charge is 2.30. The summed E-state index contributed by atoms with van der Waals surface area (Å²) in [6.07, 6.45) is 2.19. The Bertz CT molecular complexity index is 1300. The molecule has 0 spiro atoms. The second-order valence-corrected chi connectivity index (χ2v) is 10.7. The minimum Gasteiger partial charge on any atom is -0.318 e. The number of benzene rings is 2. The molecule has 3 aromatic rings. The molecule has 0 aliphatic carbocycles. The summed E-state index contributed by atoms with van der Waals surface area (Å²) in [5.74, 6) is -2.59. The zero-order valence-corrected chi connectivity index (χ0v) is 21.5. The van der Waals surface area contributed by atoms with Crippen molar-refractivity contribution in [3.05, 3.63) is 82.2 Å². The van der Waals surface area contributed by atoms with Crippen LogP contribution in [0.2, 0.25) is 0 Å². The van der Waals surface area contributed by atoms with E-state index in [1.165, 1.54) is 22.9 Å². The molecule has 1 atom stereocenters. The molecule has 1 fully saturated rings. The number of thioether (sulfide) groups is 2. The van der Waals surface area contributed by atoms with E-state index in [1.54, 1.807) is 30.5 Å². The van der Waals surface area contributed by atoms with Crippen LogP contribution in [0.5, 0.6) is 0 Å². The first-order chi connectivity index (χ1) is 16.7. The van der Waals surface area contributed by atoms with E-state index < -0.39 is 5.76 Å². The molecule has 2 heterocycles. The summed E-state index contributed by atoms with van der Waals surface area (Å²) >= 11 is 1.83. The van der Waals surface area contributed by atoms with Gasteiger partial charge in [-0.3, -0.25) is 4.79 Å². The van der Waals surface area contributed by atoms with E-state index in [9.17, 15) is 13.6 Å². The Morgan fingerprint density at radius 1 is 1.11 bits per heavy atom. The van der Waals surface area contributed by atoms with E-state index in [0.29, 0.717) is 28.2 Å². The average molecular weight is 513 g/mol. The molecule has 1 amide bonds. The average Bonchev–Trinajstić information content (AvgIpc) is 3.27. The maximum Gasteiger partial charge on any atom is 0.288 e. The second-order valence-electron chi connectivity index (χ2n) is 8.42. The third-order valence-electron chi connectivity index (χ3n) is 5.75. The Hall–Kier alpha value is -2.91. The van der Waals surface area contributed by atoms with E-state index in [2.05, 4.69) is 65.1 Å². The van der Waals surface area contributed by atoms with Crippen molar-refractivity contribution in [2.24, 2.45) is 10.2 Å². The van der Waals surface area contributed by atoms with Gasteiger partial charge in [-0.15, -0.1) is 5.10 Å². The van der Waals surface area contributed by atoms with Crippen LogP contribution in [0.4, 0.5) is 8.78 Å². The van der Waals surface area contributed by atoms with Gasteiger partial charge in [0, 0.05) is 27.5 Å². The topological polar surface area (TPSA) is 58.8 Å². The molecule has 0 radical (unpaired) electrons. The number of hydrogen-bond acceptors (Lipinski definition) is 5. The molecule has 1 aliphatic rings. The molecule has 5 nitrogen and oxygen atoms in total. The van der Waals surface area contributed by atoms with Gasteiger partial charge in [0.25, 0.3) is 5.76 Å². The predicted octanol–water partition coefficient (Wildman–Crippen LogP) is 6.19. The van der Waals surface area contributed by atoms with E-state index in [4.69, 9.17) is 0 Å². The van der Waals surface area contributed by atoms with Crippen LogP contribution in [-0.4, -0.2) is 32.9 Å². The first-order valence-electron chi connectivity index (χ1n) is 11.1. The van der Waals surface area contributed by atoms with Crippen molar-refractivity contribution in [1.82, 2.24) is 9.88 Å². The number of aryl methyl sites for hydroxylation is 3. The Morgan fingerprint density at radius 3 is 2.54 bits per heavy atom. The van der Waals surface area contributed by atoms with Crippen molar-refractivity contribution in [3.8, 4) is 5.69 Å². The summed E-state index contributed by atoms with van der Waals surface area (Å²) in [5.41, 5.74) is 7.59. The standard InChI is InChI=1S/C26H26F2N4OS2/c1-15-5-10-22(16(2)11-15)32-17(3)12-20(18(32)4)14-29-31-26-30-24(33)23(35-26)13-19-6-8-21(9-7-19)34-25(27)28/h5-12,14,23,25H,13H2,1-4H3,(H,30,31,33)/b29-14-/t23-/m0/s1. The summed E-state index contributed by atoms with van der Waals surface area (Å²) in [4.78, 5) is 12.9. The van der Waals surface area contributed by atoms with Crippen LogP contribution in [-0.2, 0) is 11.2 Å². The van der Waals surface area contributed by atoms with Gasteiger partial charge in [0.2, 0.25) is 5.91 Å². The molecule has 1 aliphatic heterocycles. The van der Waals surface area contributed by atoms with Gasteiger partial charge in [-0.2, -0.15) is 13.9 Å². The fourth-order valence-corrected chi connectivity index (χ4v) is 5.56. The number of hydrogen-bond donors (Lipinski definition) is 1. The Kier molecular flexibility index (Phi) is 7.76. The minimum absolute atomic E-state index is 0.136. The molecule has 0 unspecified atom stereocenters. The van der Waals surface area contributed by atoms with Crippen molar-refractivity contribution in [2.75, 3.05) is 0 Å². The van der Waals surface area contributed by atoms with Gasteiger partial charge in [-0.1, -0.05) is 53.4 Å². The van der Waals surface area contributed by atoms with Gasteiger partial charge in [-0.05, 0) is 69.5 Å². The number of nitrogens with zero attached hydrogens (tertiary/aromatic N) is 3. The number of carbonyl (C=O) groups is 1. The number of halogens is 2. The second kappa shape index (κ2) is 10.8. The fraction of sp³-hybridized carbons (Fsp3) is 0.269. The van der Waals surface area contributed by atoms with Gasteiger partial charge in [0.1, 0.15) is 0 Å². The minimum atomic E-state index is -2.45. The van der Waals surface area contributed by atoms with Crippen molar-refractivity contribution in [3.63, 3.8) is 0 Å². The Balaban J connectivity index is 1.43. The SMILES string of the molecule is Cc1ccc(-n2c(C)cc(/C=N\N=C3\NC(=O)[C@H](Cc4ccc(SC(F)F)cc4)S3)c2C)c(C)c1. The lowest BCUT2D eigenvalue weighted by Crippen LogP contribution is -2.25. The van der Waals surface area contributed by atoms with Gasteiger partial charge in [0.15, 0.2) is 5.17 Å². The van der Waals surface area contributed by atoms with Crippen molar-refractivity contribution in [1.29, 1.82) is 0 Å². The van der Waals surface area contributed by atoms with E-state index in [-0.39, 0.29) is 11.2 Å². The van der Waals surface area contributed by atoms with Crippen LogP contribution in [0.25, 0.3) is 5.69 Å². The number of amidine groups is 1. The largest absolute Gasteiger partial charge is 0.318 e. The molecule has 1 saturated heterocycles.